The van der Waals surface area contributed by atoms with E-state index in [1.807, 2.05) is 69.3 Å². The van der Waals surface area contributed by atoms with Crippen LogP contribution in [0.4, 0.5) is 4.79 Å². The van der Waals surface area contributed by atoms with Crippen molar-refractivity contribution in [2.45, 2.75) is 96.7 Å². The van der Waals surface area contributed by atoms with Crippen LogP contribution in [0.1, 0.15) is 59.1 Å². The fraction of sp³-hybridized carbons (Fsp3) is 0.548. The molecule has 2 aromatic carbocycles. The molecular weight excluding hydrogens is 526 g/mol. The van der Waals surface area contributed by atoms with E-state index in [4.69, 9.17) is 18.6 Å². The zero-order chi connectivity index (χ0) is 29.7. The lowest BCUT2D eigenvalue weighted by molar-refractivity contribution is -0.142. The van der Waals surface area contributed by atoms with Gasteiger partial charge in [-0.3, -0.25) is 4.79 Å². The average molecular weight is 572 g/mol. The third-order valence-corrected chi connectivity index (χ3v) is 12.0. The molecule has 1 amide bonds. The van der Waals surface area contributed by atoms with Crippen molar-refractivity contribution >= 4 is 20.4 Å². The SMILES string of the molecule is CC(C)(C)OC(=O)N[C@@H](Cc1ccccc1)[C@H](C[C@@H](Cc1ccc2c(c1)OCO2)C(=O)O)O[Si](C)(C)C(C)(C)C. The van der Waals surface area contributed by atoms with E-state index in [2.05, 4.69) is 39.2 Å². The standard InChI is InChI=1S/C31H45NO7Si/c1-30(2,3)38-29(35)32-24(17-21-12-10-9-11-13-21)26(39-40(7,8)31(4,5)6)19-23(28(33)34)16-22-14-15-25-27(18-22)37-20-36-25/h9-15,18,23-24,26H,16-17,19-20H2,1-8H3,(H,32,35)(H,33,34)/t23-,24+,26+/m1/s1. The van der Waals surface area contributed by atoms with Crippen molar-refractivity contribution in [3.8, 4) is 11.5 Å². The normalized spacial score (nSPS) is 15.7. The van der Waals surface area contributed by atoms with E-state index >= 15 is 0 Å². The number of fused-ring (bicyclic) bond motifs is 1. The molecule has 0 saturated carbocycles. The Morgan fingerprint density at radius 2 is 1.60 bits per heavy atom. The first-order chi connectivity index (χ1) is 18.5. The van der Waals surface area contributed by atoms with Crippen LogP contribution in [0, 0.1) is 5.92 Å². The molecule has 220 valence electrons. The van der Waals surface area contributed by atoms with Gasteiger partial charge in [-0.15, -0.1) is 0 Å². The number of nitrogens with one attached hydrogen (secondary N) is 1. The quantitative estimate of drug-likeness (QED) is 0.294. The van der Waals surface area contributed by atoms with Gasteiger partial charge in [-0.1, -0.05) is 57.2 Å². The Balaban J connectivity index is 1.96. The van der Waals surface area contributed by atoms with Crippen LogP contribution >= 0.6 is 0 Å². The van der Waals surface area contributed by atoms with Gasteiger partial charge in [0.15, 0.2) is 19.8 Å². The molecule has 0 fully saturated rings. The van der Waals surface area contributed by atoms with Gasteiger partial charge in [-0.2, -0.15) is 0 Å². The lowest BCUT2D eigenvalue weighted by Crippen LogP contribution is -2.54. The molecule has 1 aliphatic rings. The Labute approximate surface area is 239 Å². The number of carboxylic acid groups (broad SMARTS) is 1. The molecule has 9 heteroatoms. The molecule has 3 atom stereocenters. The topological polar surface area (TPSA) is 103 Å². The first kappa shape index (κ1) is 31.5. The fourth-order valence-electron chi connectivity index (χ4n) is 4.36. The Morgan fingerprint density at radius 3 is 2.20 bits per heavy atom. The number of rotatable bonds is 11. The van der Waals surface area contributed by atoms with Crippen LogP contribution < -0.4 is 14.8 Å². The highest BCUT2D eigenvalue weighted by atomic mass is 28.4. The minimum Gasteiger partial charge on any atom is -0.481 e. The monoisotopic (exact) mass is 571 g/mol. The summed E-state index contributed by atoms with van der Waals surface area (Å²) in [4.78, 5) is 25.6. The molecule has 40 heavy (non-hydrogen) atoms. The van der Waals surface area contributed by atoms with Crippen molar-refractivity contribution in [2.75, 3.05) is 6.79 Å². The molecule has 0 aliphatic carbocycles. The number of ether oxygens (including phenoxy) is 3. The van der Waals surface area contributed by atoms with Gasteiger partial charge in [0, 0.05) is 0 Å². The number of carbonyl (C=O) groups is 2. The van der Waals surface area contributed by atoms with Crippen molar-refractivity contribution in [1.82, 2.24) is 5.32 Å². The van der Waals surface area contributed by atoms with Crippen LogP contribution in [0.3, 0.4) is 0 Å². The number of carboxylic acids is 1. The number of amides is 1. The van der Waals surface area contributed by atoms with Crippen molar-refractivity contribution in [2.24, 2.45) is 5.92 Å². The maximum absolute atomic E-state index is 13.0. The molecule has 8 nitrogen and oxygen atoms in total. The number of alkyl carbamates (subject to hydrolysis) is 1. The molecule has 3 rings (SSSR count). The van der Waals surface area contributed by atoms with Gasteiger partial charge in [0.2, 0.25) is 6.79 Å². The Hall–Kier alpha value is -3.04. The van der Waals surface area contributed by atoms with Crippen LogP contribution in [-0.2, 0) is 26.8 Å². The summed E-state index contributed by atoms with van der Waals surface area (Å²) in [6.07, 6.45) is -0.156. The van der Waals surface area contributed by atoms with Crippen molar-refractivity contribution in [3.63, 3.8) is 0 Å². The first-order valence-corrected chi connectivity index (χ1v) is 16.8. The van der Waals surface area contributed by atoms with Gasteiger partial charge in [-0.25, -0.2) is 4.79 Å². The molecule has 1 heterocycles. The van der Waals surface area contributed by atoms with Gasteiger partial charge in [0.25, 0.3) is 0 Å². The van der Waals surface area contributed by atoms with Crippen LogP contribution in [-0.4, -0.2) is 50.0 Å². The summed E-state index contributed by atoms with van der Waals surface area (Å²) in [6, 6.07) is 14.8. The van der Waals surface area contributed by atoms with E-state index in [1.165, 1.54) is 0 Å². The summed E-state index contributed by atoms with van der Waals surface area (Å²) in [5, 5.41) is 13.3. The van der Waals surface area contributed by atoms with E-state index in [1.54, 1.807) is 0 Å². The zero-order valence-corrected chi connectivity index (χ0v) is 26.1. The molecule has 0 spiro atoms. The molecule has 2 N–H and O–H groups in total. The van der Waals surface area contributed by atoms with E-state index in [0.717, 1.165) is 11.1 Å². The second-order valence-electron chi connectivity index (χ2n) is 13.0. The van der Waals surface area contributed by atoms with Gasteiger partial charge in [-0.05, 0) is 81.4 Å². The minimum atomic E-state index is -2.37. The Kier molecular flexibility index (Phi) is 9.95. The van der Waals surface area contributed by atoms with Crippen LogP contribution in [0.2, 0.25) is 18.1 Å². The summed E-state index contributed by atoms with van der Waals surface area (Å²) in [6.45, 7) is 16.3. The second-order valence-corrected chi connectivity index (χ2v) is 17.8. The minimum absolute atomic E-state index is 0.121. The summed E-state index contributed by atoms with van der Waals surface area (Å²) in [7, 11) is -2.37. The fourth-order valence-corrected chi connectivity index (χ4v) is 5.73. The molecule has 0 unspecified atom stereocenters. The number of hydrogen-bond acceptors (Lipinski definition) is 6. The van der Waals surface area contributed by atoms with Crippen LogP contribution in [0.25, 0.3) is 0 Å². The molecule has 0 aromatic heterocycles. The van der Waals surface area contributed by atoms with E-state index in [0.29, 0.717) is 17.9 Å². The van der Waals surface area contributed by atoms with E-state index < -0.39 is 44.0 Å². The number of benzene rings is 2. The predicted octanol–water partition coefficient (Wildman–Crippen LogP) is 6.58. The summed E-state index contributed by atoms with van der Waals surface area (Å²) in [5.41, 5.74) is 1.16. The molecular formula is C31H45NO7Si. The van der Waals surface area contributed by atoms with Crippen molar-refractivity contribution in [3.05, 3.63) is 59.7 Å². The van der Waals surface area contributed by atoms with E-state index in [-0.39, 0.29) is 24.7 Å². The lowest BCUT2D eigenvalue weighted by atomic mass is 9.89. The van der Waals surface area contributed by atoms with Crippen LogP contribution in [0.15, 0.2) is 48.5 Å². The predicted molar refractivity (Wildman–Crippen MR) is 157 cm³/mol. The second kappa shape index (κ2) is 12.6. The summed E-state index contributed by atoms with van der Waals surface area (Å²) < 4.78 is 23.4. The van der Waals surface area contributed by atoms with E-state index in [9.17, 15) is 14.7 Å². The molecule has 0 radical (unpaired) electrons. The highest BCUT2D eigenvalue weighted by Gasteiger charge is 2.42. The third kappa shape index (κ3) is 8.99. The van der Waals surface area contributed by atoms with Gasteiger partial charge in [0.1, 0.15) is 5.60 Å². The molecule has 0 saturated heterocycles. The maximum atomic E-state index is 13.0. The van der Waals surface area contributed by atoms with Crippen molar-refractivity contribution < 1.29 is 33.3 Å². The smallest absolute Gasteiger partial charge is 0.407 e. The van der Waals surface area contributed by atoms with Gasteiger partial charge >= 0.3 is 12.1 Å². The first-order valence-electron chi connectivity index (χ1n) is 13.9. The summed E-state index contributed by atoms with van der Waals surface area (Å²) >= 11 is 0. The lowest BCUT2D eigenvalue weighted by Gasteiger charge is -2.42. The summed E-state index contributed by atoms with van der Waals surface area (Å²) in [5.74, 6) is -0.408. The average Bonchev–Trinajstić information content (AvgIpc) is 3.29. The largest absolute Gasteiger partial charge is 0.481 e. The van der Waals surface area contributed by atoms with Gasteiger partial charge in [0.05, 0.1) is 18.1 Å². The Morgan fingerprint density at radius 1 is 0.950 bits per heavy atom. The highest BCUT2D eigenvalue weighted by Crippen LogP contribution is 2.39. The highest BCUT2D eigenvalue weighted by molar-refractivity contribution is 6.74. The number of hydrogen-bond donors (Lipinski definition) is 2. The van der Waals surface area contributed by atoms with Gasteiger partial charge < -0.3 is 29.1 Å². The molecule has 0 bridgehead atoms. The number of aliphatic carboxylic acids is 1. The molecule has 2 aromatic rings. The van der Waals surface area contributed by atoms with Crippen LogP contribution in [0.5, 0.6) is 11.5 Å². The number of carbonyl (C=O) groups excluding carboxylic acids is 1. The van der Waals surface area contributed by atoms with Crippen molar-refractivity contribution in [1.29, 1.82) is 0 Å². The maximum Gasteiger partial charge on any atom is 0.407 e. The Bertz CT molecular complexity index is 1150. The third-order valence-electron chi connectivity index (χ3n) is 7.49. The molecule has 1 aliphatic heterocycles. The zero-order valence-electron chi connectivity index (χ0n) is 25.1.